The van der Waals surface area contributed by atoms with Gasteiger partial charge < -0.3 is 5.32 Å². The summed E-state index contributed by atoms with van der Waals surface area (Å²) in [6.45, 7) is 1.89. The average Bonchev–Trinajstić information content (AvgIpc) is 3.24. The predicted molar refractivity (Wildman–Crippen MR) is 117 cm³/mol. The van der Waals surface area contributed by atoms with E-state index in [2.05, 4.69) is 9.71 Å². The number of aryl methyl sites for hydroxylation is 1. The Morgan fingerprint density at radius 1 is 1.03 bits per heavy atom. The average molecular weight is 443 g/mol. The van der Waals surface area contributed by atoms with Gasteiger partial charge in [0.2, 0.25) is 5.78 Å². The number of thiophene rings is 1. The van der Waals surface area contributed by atoms with Crippen molar-refractivity contribution < 1.29 is 13.2 Å². The number of hydrogen-bond acceptors (Lipinski definition) is 5. The molecule has 0 unspecified atom stereocenters. The quantitative estimate of drug-likeness (QED) is 0.611. The van der Waals surface area contributed by atoms with E-state index in [9.17, 15) is 13.2 Å². The molecule has 2 aromatic carbocycles. The monoisotopic (exact) mass is 442 g/mol. The summed E-state index contributed by atoms with van der Waals surface area (Å²) < 4.78 is 29.5. The third kappa shape index (κ3) is 3.89. The zero-order valence-electron chi connectivity index (χ0n) is 15.2. The molecule has 1 heterocycles. The molecule has 3 aromatic rings. The number of hydrogen-bond donors (Lipinski definition) is 1. The van der Waals surface area contributed by atoms with Gasteiger partial charge in [-0.3, -0.25) is 4.79 Å². The van der Waals surface area contributed by atoms with E-state index in [-0.39, 0.29) is 21.4 Å². The largest absolute Gasteiger partial charge is 0.352 e. The van der Waals surface area contributed by atoms with Crippen LogP contribution in [0.1, 0.15) is 21.5 Å². The zero-order chi connectivity index (χ0) is 20.6. The molecule has 0 radical (unpaired) electrons. The van der Waals surface area contributed by atoms with Crippen LogP contribution in [0.5, 0.6) is 0 Å². The van der Waals surface area contributed by atoms with E-state index in [0.29, 0.717) is 21.8 Å². The van der Waals surface area contributed by atoms with Crippen molar-refractivity contribution in [1.82, 2.24) is 0 Å². The molecule has 1 aliphatic carbocycles. The summed E-state index contributed by atoms with van der Waals surface area (Å²) in [5.41, 5.74) is 2.86. The fraction of sp³-hybridized carbons (Fsp3) is 0.0476. The molecule has 8 heteroatoms. The number of ketones is 1. The molecule has 0 atom stereocenters. The van der Waals surface area contributed by atoms with Crippen LogP contribution in [0.25, 0.3) is 0 Å². The lowest BCUT2D eigenvalue weighted by Crippen LogP contribution is -2.22. The van der Waals surface area contributed by atoms with Crippen molar-refractivity contribution >= 4 is 50.1 Å². The maximum atomic E-state index is 13.0. The standard InChI is InChI=1S/C21H15ClN2O3S2/c1-13-8-9-14(22)11-17(13)23-19-12-18(15-5-2-3-6-16(15)21(19)25)24-29(26,27)20-7-4-10-28-20/h2-12,23H,1H3/b24-18-. The molecule has 0 saturated carbocycles. The normalized spacial score (nSPS) is 15.2. The number of rotatable bonds is 4. The molecule has 0 aliphatic heterocycles. The Hall–Kier alpha value is -2.74. The minimum Gasteiger partial charge on any atom is -0.352 e. The number of carbonyl (C=O) groups excluding carboxylic acids is 1. The molecule has 1 N–H and O–H groups in total. The van der Waals surface area contributed by atoms with E-state index in [4.69, 9.17) is 11.6 Å². The highest BCUT2D eigenvalue weighted by molar-refractivity contribution is 7.92. The lowest BCUT2D eigenvalue weighted by Gasteiger charge is -2.19. The van der Waals surface area contributed by atoms with Gasteiger partial charge in [-0.2, -0.15) is 12.8 Å². The molecule has 0 saturated heterocycles. The smallest absolute Gasteiger partial charge is 0.292 e. The number of benzene rings is 2. The van der Waals surface area contributed by atoms with Crippen molar-refractivity contribution in [3.8, 4) is 0 Å². The Kier molecular flexibility index (Phi) is 5.12. The van der Waals surface area contributed by atoms with Crippen molar-refractivity contribution in [2.75, 3.05) is 5.32 Å². The second-order valence-corrected chi connectivity index (χ2v) is 9.62. The maximum absolute atomic E-state index is 13.0. The van der Waals surface area contributed by atoms with Gasteiger partial charge in [-0.15, -0.1) is 11.3 Å². The van der Waals surface area contributed by atoms with Gasteiger partial charge in [-0.25, -0.2) is 0 Å². The third-order valence-electron chi connectivity index (χ3n) is 4.41. The molecule has 0 spiro atoms. The van der Waals surface area contributed by atoms with Gasteiger partial charge in [0.15, 0.2) is 0 Å². The van der Waals surface area contributed by atoms with Gasteiger partial charge in [0, 0.05) is 21.8 Å². The Morgan fingerprint density at radius 2 is 1.79 bits per heavy atom. The summed E-state index contributed by atoms with van der Waals surface area (Å²) in [5.74, 6) is -0.243. The number of sulfonamides is 1. The lowest BCUT2D eigenvalue weighted by molar-refractivity contribution is 0.103. The summed E-state index contributed by atoms with van der Waals surface area (Å²) in [5, 5.41) is 5.29. The molecule has 5 nitrogen and oxygen atoms in total. The molecular weight excluding hydrogens is 428 g/mol. The number of nitrogens with zero attached hydrogens (tertiary/aromatic N) is 1. The lowest BCUT2D eigenvalue weighted by atomic mass is 9.92. The third-order valence-corrected chi connectivity index (χ3v) is 7.31. The van der Waals surface area contributed by atoms with E-state index in [1.807, 2.05) is 13.0 Å². The van der Waals surface area contributed by atoms with E-state index in [1.165, 1.54) is 12.1 Å². The highest BCUT2D eigenvalue weighted by Gasteiger charge is 2.26. The maximum Gasteiger partial charge on any atom is 0.292 e. The van der Waals surface area contributed by atoms with Crippen LogP contribution in [-0.4, -0.2) is 19.9 Å². The van der Waals surface area contributed by atoms with Crippen molar-refractivity contribution in [3.05, 3.63) is 93.5 Å². The number of halogens is 1. The minimum absolute atomic E-state index is 0.146. The second kappa shape index (κ2) is 7.59. The summed E-state index contributed by atoms with van der Waals surface area (Å²) in [6.07, 6.45) is 1.47. The molecule has 29 heavy (non-hydrogen) atoms. The molecule has 0 bridgehead atoms. The van der Waals surface area contributed by atoms with Crippen LogP contribution in [0.15, 0.2) is 80.4 Å². The van der Waals surface area contributed by atoms with Crippen LogP contribution in [0.4, 0.5) is 5.69 Å². The van der Waals surface area contributed by atoms with Crippen LogP contribution >= 0.6 is 22.9 Å². The predicted octanol–water partition coefficient (Wildman–Crippen LogP) is 5.08. The second-order valence-electron chi connectivity index (χ2n) is 6.40. The molecule has 0 amide bonds. The number of anilines is 1. The zero-order valence-corrected chi connectivity index (χ0v) is 17.6. The van der Waals surface area contributed by atoms with Crippen LogP contribution in [0.3, 0.4) is 0 Å². The van der Waals surface area contributed by atoms with Gasteiger partial charge in [-0.1, -0.05) is 48.0 Å². The van der Waals surface area contributed by atoms with Crippen LogP contribution < -0.4 is 5.32 Å². The van der Waals surface area contributed by atoms with Crippen LogP contribution in [0, 0.1) is 6.92 Å². The van der Waals surface area contributed by atoms with E-state index < -0.39 is 10.0 Å². The first-order chi connectivity index (χ1) is 13.8. The molecular formula is C21H15ClN2O3S2. The molecule has 4 rings (SSSR count). The number of Topliss-reactive ketones (excluding diaryl/α,β-unsaturated/α-hetero) is 1. The summed E-state index contributed by atoms with van der Waals surface area (Å²) >= 11 is 7.17. The summed E-state index contributed by atoms with van der Waals surface area (Å²) in [4.78, 5) is 13.0. The Labute approximate surface area is 177 Å². The number of carbonyl (C=O) groups is 1. The van der Waals surface area contributed by atoms with Crippen LogP contribution in [-0.2, 0) is 10.0 Å². The van der Waals surface area contributed by atoms with E-state index in [0.717, 1.165) is 16.9 Å². The van der Waals surface area contributed by atoms with E-state index in [1.54, 1.807) is 47.8 Å². The minimum atomic E-state index is -3.89. The molecule has 0 fully saturated rings. The fourth-order valence-electron chi connectivity index (χ4n) is 2.96. The van der Waals surface area contributed by atoms with Crippen molar-refractivity contribution in [2.45, 2.75) is 11.1 Å². The first-order valence-corrected chi connectivity index (χ1v) is 11.3. The summed E-state index contributed by atoms with van der Waals surface area (Å²) in [7, 11) is -3.89. The van der Waals surface area contributed by atoms with Gasteiger partial charge in [0.25, 0.3) is 10.0 Å². The summed E-state index contributed by atoms with van der Waals surface area (Å²) in [6, 6.07) is 15.3. The highest BCUT2D eigenvalue weighted by Crippen LogP contribution is 2.28. The van der Waals surface area contributed by atoms with Gasteiger partial charge >= 0.3 is 0 Å². The Bertz CT molecular complexity index is 1280. The first-order valence-electron chi connectivity index (χ1n) is 8.62. The van der Waals surface area contributed by atoms with Gasteiger partial charge in [0.05, 0.1) is 11.4 Å². The topological polar surface area (TPSA) is 75.6 Å². The molecule has 146 valence electrons. The first kappa shape index (κ1) is 19.6. The Balaban J connectivity index is 1.84. The fourth-order valence-corrected chi connectivity index (χ4v) is 5.09. The number of fused-ring (bicyclic) bond motifs is 1. The number of nitrogens with one attached hydrogen (secondary N) is 1. The van der Waals surface area contributed by atoms with Crippen molar-refractivity contribution in [3.63, 3.8) is 0 Å². The van der Waals surface area contributed by atoms with E-state index >= 15 is 0 Å². The number of allylic oxidation sites excluding steroid dienone is 2. The van der Waals surface area contributed by atoms with Crippen LogP contribution in [0.2, 0.25) is 5.02 Å². The Morgan fingerprint density at radius 3 is 2.52 bits per heavy atom. The highest BCUT2D eigenvalue weighted by atomic mass is 35.5. The van der Waals surface area contributed by atoms with Gasteiger partial charge in [0.1, 0.15) is 4.21 Å². The van der Waals surface area contributed by atoms with Crippen molar-refractivity contribution in [1.29, 1.82) is 0 Å². The van der Waals surface area contributed by atoms with Gasteiger partial charge in [-0.05, 0) is 42.1 Å². The molecule has 1 aliphatic rings. The molecule has 1 aromatic heterocycles. The van der Waals surface area contributed by atoms with Crippen molar-refractivity contribution in [2.24, 2.45) is 4.40 Å². The SMILES string of the molecule is Cc1ccc(Cl)cc1NC1=C/C(=N/S(=O)(=O)c2cccs2)c2ccccc2C1=O.